The number of carbonyl (C=O) groups is 2. The molecule has 0 bridgehead atoms. The number of halogens is 2. The van der Waals surface area contributed by atoms with Crippen molar-refractivity contribution in [1.29, 1.82) is 0 Å². The summed E-state index contributed by atoms with van der Waals surface area (Å²) in [6, 6.07) is 3.18. The van der Waals surface area contributed by atoms with E-state index in [-0.39, 0.29) is 42.5 Å². The van der Waals surface area contributed by atoms with Crippen molar-refractivity contribution in [2.24, 2.45) is 0 Å². The number of nitrogens with zero attached hydrogens (tertiary/aromatic N) is 2. The van der Waals surface area contributed by atoms with E-state index in [4.69, 9.17) is 9.15 Å². The Balaban J connectivity index is 1.79. The van der Waals surface area contributed by atoms with Crippen molar-refractivity contribution in [3.63, 3.8) is 0 Å². The van der Waals surface area contributed by atoms with Gasteiger partial charge in [-0.3, -0.25) is 9.59 Å². The molecule has 0 unspecified atom stereocenters. The van der Waals surface area contributed by atoms with E-state index in [0.29, 0.717) is 18.9 Å². The van der Waals surface area contributed by atoms with Crippen LogP contribution in [0.2, 0.25) is 0 Å². The molecule has 0 N–H and O–H groups in total. The second-order valence-electron chi connectivity index (χ2n) is 7.75. The van der Waals surface area contributed by atoms with E-state index in [0.717, 1.165) is 12.1 Å². The Bertz CT molecular complexity index is 859. The minimum Gasteiger partial charge on any atom is -0.460 e. The van der Waals surface area contributed by atoms with Gasteiger partial charge in [0, 0.05) is 38.9 Å². The van der Waals surface area contributed by atoms with Crippen molar-refractivity contribution in [1.82, 2.24) is 9.88 Å². The smallest absolute Gasteiger partial charge is 0.306 e. The summed E-state index contributed by atoms with van der Waals surface area (Å²) in [6.07, 6.45) is 2.50. The number of carbonyl (C=O) groups excluding carboxylic acids is 2. The van der Waals surface area contributed by atoms with Crippen LogP contribution in [-0.4, -0.2) is 41.0 Å². The minimum atomic E-state index is -0.742. The average Bonchev–Trinajstić information content (AvgIpc) is 3.06. The van der Waals surface area contributed by atoms with Crippen molar-refractivity contribution < 1.29 is 27.5 Å². The van der Waals surface area contributed by atoms with Crippen molar-refractivity contribution in [2.75, 3.05) is 13.6 Å². The number of aryl methyl sites for hydroxylation is 1. The molecule has 2 rings (SSSR count). The van der Waals surface area contributed by atoms with Gasteiger partial charge in [0.1, 0.15) is 17.2 Å². The van der Waals surface area contributed by atoms with E-state index >= 15 is 0 Å². The highest BCUT2D eigenvalue weighted by atomic mass is 19.1. The molecule has 0 aliphatic rings. The van der Waals surface area contributed by atoms with Crippen LogP contribution in [0.15, 0.2) is 28.8 Å². The molecule has 0 saturated carbocycles. The van der Waals surface area contributed by atoms with Crippen LogP contribution in [0.25, 0.3) is 11.3 Å². The zero-order valence-corrected chi connectivity index (χ0v) is 17.1. The van der Waals surface area contributed by atoms with Crippen LogP contribution in [-0.2, 0) is 20.7 Å². The Morgan fingerprint density at radius 1 is 1.21 bits per heavy atom. The molecule has 0 atom stereocenters. The quantitative estimate of drug-likeness (QED) is 0.614. The fourth-order valence-electron chi connectivity index (χ4n) is 2.62. The van der Waals surface area contributed by atoms with Crippen LogP contribution < -0.4 is 0 Å². The highest BCUT2D eigenvalue weighted by molar-refractivity contribution is 5.76. The Morgan fingerprint density at radius 2 is 1.93 bits per heavy atom. The molecule has 0 fully saturated rings. The summed E-state index contributed by atoms with van der Waals surface area (Å²) in [7, 11) is 1.66. The first-order valence-electron chi connectivity index (χ1n) is 9.41. The number of ether oxygens (including phenoxy) is 1. The fraction of sp³-hybridized carbons (Fsp3) is 0.476. The minimum absolute atomic E-state index is 0.107. The molecular weight excluding hydrogens is 382 g/mol. The number of hydrogen-bond acceptors (Lipinski definition) is 5. The van der Waals surface area contributed by atoms with E-state index in [1.807, 2.05) is 0 Å². The predicted molar refractivity (Wildman–Crippen MR) is 103 cm³/mol. The molecule has 0 saturated heterocycles. The first-order chi connectivity index (χ1) is 13.5. The number of oxazole rings is 1. The van der Waals surface area contributed by atoms with E-state index in [9.17, 15) is 18.4 Å². The molecule has 158 valence electrons. The molecule has 1 heterocycles. The third-order valence-corrected chi connectivity index (χ3v) is 4.02. The van der Waals surface area contributed by atoms with Crippen LogP contribution in [0.3, 0.4) is 0 Å². The first-order valence-corrected chi connectivity index (χ1v) is 9.41. The maximum absolute atomic E-state index is 13.8. The molecule has 0 spiro atoms. The van der Waals surface area contributed by atoms with E-state index in [2.05, 4.69) is 4.98 Å². The van der Waals surface area contributed by atoms with Gasteiger partial charge in [-0.2, -0.15) is 0 Å². The van der Waals surface area contributed by atoms with Crippen molar-refractivity contribution in [3.8, 4) is 11.3 Å². The van der Waals surface area contributed by atoms with Gasteiger partial charge in [-0.05, 0) is 39.3 Å². The topological polar surface area (TPSA) is 72.6 Å². The Labute approximate surface area is 168 Å². The number of esters is 1. The second kappa shape index (κ2) is 9.62. The summed E-state index contributed by atoms with van der Waals surface area (Å²) in [5.74, 6) is -1.37. The predicted octanol–water partition coefficient (Wildman–Crippen LogP) is 4.13. The number of aromatic nitrogens is 1. The third kappa shape index (κ3) is 7.29. The van der Waals surface area contributed by atoms with Crippen LogP contribution >= 0.6 is 0 Å². The summed E-state index contributed by atoms with van der Waals surface area (Å²) in [4.78, 5) is 29.5. The van der Waals surface area contributed by atoms with E-state index in [1.54, 1.807) is 27.8 Å². The lowest BCUT2D eigenvalue weighted by molar-refractivity contribution is -0.155. The third-order valence-electron chi connectivity index (χ3n) is 4.02. The van der Waals surface area contributed by atoms with E-state index in [1.165, 1.54) is 17.2 Å². The zero-order valence-electron chi connectivity index (χ0n) is 17.1. The second-order valence-corrected chi connectivity index (χ2v) is 7.75. The maximum Gasteiger partial charge on any atom is 0.306 e. The molecule has 2 aromatic rings. The van der Waals surface area contributed by atoms with Gasteiger partial charge >= 0.3 is 5.97 Å². The van der Waals surface area contributed by atoms with Gasteiger partial charge in [0.05, 0.1) is 11.8 Å². The maximum atomic E-state index is 13.8. The van der Waals surface area contributed by atoms with Gasteiger partial charge < -0.3 is 14.1 Å². The molecule has 0 aliphatic carbocycles. The lowest BCUT2D eigenvalue weighted by atomic mass is 10.2. The molecule has 29 heavy (non-hydrogen) atoms. The summed E-state index contributed by atoms with van der Waals surface area (Å²) in [5, 5.41) is 0. The SMILES string of the molecule is CN(CCCC(=O)OC(C)(C)C)C(=O)CCc1ncc(-c2ccc(F)cc2F)o1. The Hall–Kier alpha value is -2.77. The van der Waals surface area contributed by atoms with Gasteiger partial charge in [0.15, 0.2) is 11.7 Å². The van der Waals surface area contributed by atoms with Crippen LogP contribution in [0.4, 0.5) is 8.78 Å². The van der Waals surface area contributed by atoms with Gasteiger partial charge in [-0.25, -0.2) is 13.8 Å². The molecule has 1 aromatic carbocycles. The number of amides is 1. The molecule has 0 radical (unpaired) electrons. The molecule has 6 nitrogen and oxygen atoms in total. The normalized spacial score (nSPS) is 11.4. The molecule has 1 aromatic heterocycles. The lowest BCUT2D eigenvalue weighted by Gasteiger charge is -2.20. The molecule has 0 aliphatic heterocycles. The van der Waals surface area contributed by atoms with E-state index < -0.39 is 17.2 Å². The summed E-state index contributed by atoms with van der Waals surface area (Å²) < 4.78 is 37.5. The summed E-state index contributed by atoms with van der Waals surface area (Å²) in [6.45, 7) is 5.84. The first kappa shape index (κ1) is 22.5. The van der Waals surface area contributed by atoms with Gasteiger partial charge in [0.2, 0.25) is 5.91 Å². The van der Waals surface area contributed by atoms with Crippen molar-refractivity contribution >= 4 is 11.9 Å². The van der Waals surface area contributed by atoms with Crippen LogP contribution in [0, 0.1) is 11.6 Å². The summed E-state index contributed by atoms with van der Waals surface area (Å²) >= 11 is 0. The zero-order chi connectivity index (χ0) is 21.6. The number of hydrogen-bond donors (Lipinski definition) is 0. The highest BCUT2D eigenvalue weighted by Gasteiger charge is 2.17. The fourth-order valence-corrected chi connectivity index (χ4v) is 2.62. The lowest BCUT2D eigenvalue weighted by Crippen LogP contribution is -2.29. The molecule has 1 amide bonds. The largest absolute Gasteiger partial charge is 0.460 e. The van der Waals surface area contributed by atoms with Crippen molar-refractivity contribution in [3.05, 3.63) is 41.9 Å². The van der Waals surface area contributed by atoms with Gasteiger partial charge in [0.25, 0.3) is 0 Å². The van der Waals surface area contributed by atoms with Crippen molar-refractivity contribution in [2.45, 2.75) is 52.1 Å². The Kier molecular flexibility index (Phi) is 7.47. The highest BCUT2D eigenvalue weighted by Crippen LogP contribution is 2.24. The van der Waals surface area contributed by atoms with Gasteiger partial charge in [-0.15, -0.1) is 0 Å². The average molecular weight is 408 g/mol. The van der Waals surface area contributed by atoms with Gasteiger partial charge in [-0.1, -0.05) is 0 Å². The van der Waals surface area contributed by atoms with Crippen LogP contribution in [0.5, 0.6) is 0 Å². The summed E-state index contributed by atoms with van der Waals surface area (Å²) in [5.41, 5.74) is -0.416. The number of rotatable bonds is 8. The Morgan fingerprint density at radius 3 is 2.59 bits per heavy atom. The number of benzene rings is 1. The monoisotopic (exact) mass is 408 g/mol. The molecule has 8 heteroatoms. The standard InChI is InChI=1S/C21H26F2N2O4/c1-21(2,3)29-20(27)6-5-11-25(4)19(26)10-9-18-24-13-17(28-18)15-8-7-14(22)12-16(15)23/h7-8,12-13H,5-6,9-11H2,1-4H3. The molecular formula is C21H26F2N2O4. The van der Waals surface area contributed by atoms with Crippen LogP contribution in [0.1, 0.15) is 45.9 Å².